The van der Waals surface area contributed by atoms with Crippen LogP contribution in [-0.2, 0) is 14.8 Å². The summed E-state index contributed by atoms with van der Waals surface area (Å²) in [6.45, 7) is 3.17. The molecule has 1 amide bonds. The first-order valence-electron chi connectivity index (χ1n) is 8.36. The van der Waals surface area contributed by atoms with Crippen LogP contribution < -0.4 is 4.72 Å². The molecule has 0 unspecified atom stereocenters. The zero-order chi connectivity index (χ0) is 21.3. The molecule has 3 rings (SSSR count). The molecule has 2 aromatic rings. The van der Waals surface area contributed by atoms with Crippen LogP contribution in [0.25, 0.3) is 0 Å². The van der Waals surface area contributed by atoms with E-state index in [9.17, 15) is 26.4 Å². The summed E-state index contributed by atoms with van der Waals surface area (Å²) in [7, 11) is -4.71. The van der Waals surface area contributed by atoms with Crippen molar-refractivity contribution in [3.05, 3.63) is 78.9 Å². The SMILES string of the molecule is C=CCN1C(=O)[C@@](NS(=O)(=O)c2ccccc2)(C(F)(F)F)N=C1c1ccccc1. The minimum atomic E-state index is -5.33. The third kappa shape index (κ3) is 3.68. The molecule has 0 radical (unpaired) electrons. The second kappa shape index (κ2) is 7.45. The molecular weight excluding hydrogens is 407 g/mol. The van der Waals surface area contributed by atoms with E-state index in [4.69, 9.17) is 0 Å². The molecule has 0 saturated heterocycles. The average molecular weight is 423 g/mol. The molecule has 0 bridgehead atoms. The molecule has 10 heteroatoms. The Labute approximate surface area is 165 Å². The fraction of sp³-hybridized carbons (Fsp3) is 0.158. The van der Waals surface area contributed by atoms with Gasteiger partial charge in [-0.2, -0.15) is 17.9 Å². The van der Waals surface area contributed by atoms with Gasteiger partial charge in [0.15, 0.2) is 0 Å². The molecule has 6 nitrogen and oxygen atoms in total. The van der Waals surface area contributed by atoms with E-state index in [2.05, 4.69) is 11.6 Å². The molecule has 0 fully saturated rings. The highest BCUT2D eigenvalue weighted by molar-refractivity contribution is 7.89. The van der Waals surface area contributed by atoms with Gasteiger partial charge in [0, 0.05) is 12.1 Å². The number of nitrogens with zero attached hydrogens (tertiary/aromatic N) is 2. The number of amidine groups is 1. The smallest absolute Gasteiger partial charge is 0.289 e. The molecule has 1 aliphatic heterocycles. The Morgan fingerprint density at radius 1 is 1.07 bits per heavy atom. The van der Waals surface area contributed by atoms with Crippen LogP contribution in [0.15, 0.2) is 83.2 Å². The first-order chi connectivity index (χ1) is 13.6. The number of carbonyl (C=O) groups excluding carboxylic acids is 1. The van der Waals surface area contributed by atoms with Gasteiger partial charge < -0.3 is 0 Å². The van der Waals surface area contributed by atoms with Crippen molar-refractivity contribution in [1.82, 2.24) is 9.62 Å². The van der Waals surface area contributed by atoms with Crippen LogP contribution in [0, 0.1) is 0 Å². The number of nitrogens with one attached hydrogen (secondary N) is 1. The number of alkyl halides is 3. The van der Waals surface area contributed by atoms with Crippen LogP contribution in [-0.4, -0.2) is 43.4 Å². The maximum atomic E-state index is 14.1. The highest BCUT2D eigenvalue weighted by atomic mass is 32.2. The molecule has 1 atom stereocenters. The van der Waals surface area contributed by atoms with Gasteiger partial charge in [-0.25, -0.2) is 13.4 Å². The third-order valence-electron chi connectivity index (χ3n) is 4.17. The van der Waals surface area contributed by atoms with E-state index in [1.807, 2.05) is 0 Å². The molecule has 0 aromatic heterocycles. The van der Waals surface area contributed by atoms with Gasteiger partial charge in [0.05, 0.1) is 4.90 Å². The number of carbonyl (C=O) groups is 1. The van der Waals surface area contributed by atoms with Gasteiger partial charge >= 0.3 is 11.8 Å². The van der Waals surface area contributed by atoms with Crippen LogP contribution in [0.4, 0.5) is 13.2 Å². The third-order valence-corrected chi connectivity index (χ3v) is 5.63. The quantitative estimate of drug-likeness (QED) is 0.726. The number of hydrogen-bond acceptors (Lipinski definition) is 4. The van der Waals surface area contributed by atoms with Crippen LogP contribution in [0.2, 0.25) is 0 Å². The maximum Gasteiger partial charge on any atom is 0.437 e. The predicted molar refractivity (Wildman–Crippen MR) is 100 cm³/mol. The Balaban J connectivity index is 2.18. The van der Waals surface area contributed by atoms with Crippen molar-refractivity contribution >= 4 is 21.8 Å². The molecule has 1 heterocycles. The van der Waals surface area contributed by atoms with Crippen LogP contribution in [0.1, 0.15) is 5.56 Å². The molecule has 0 spiro atoms. The molecule has 2 aromatic carbocycles. The van der Waals surface area contributed by atoms with E-state index < -0.39 is 32.7 Å². The van der Waals surface area contributed by atoms with Crippen LogP contribution in [0.5, 0.6) is 0 Å². The summed E-state index contributed by atoms with van der Waals surface area (Å²) in [5, 5.41) is 0. The Kier molecular flexibility index (Phi) is 5.33. The zero-order valence-corrected chi connectivity index (χ0v) is 15.7. The number of benzene rings is 2. The van der Waals surface area contributed by atoms with E-state index in [0.29, 0.717) is 0 Å². The van der Waals surface area contributed by atoms with E-state index in [1.165, 1.54) is 41.1 Å². The van der Waals surface area contributed by atoms with E-state index in [0.717, 1.165) is 17.0 Å². The fourth-order valence-electron chi connectivity index (χ4n) is 2.83. The van der Waals surface area contributed by atoms with Crippen molar-refractivity contribution in [1.29, 1.82) is 0 Å². The number of amides is 1. The summed E-state index contributed by atoms with van der Waals surface area (Å²) in [6, 6.07) is 14.2. The lowest BCUT2D eigenvalue weighted by Gasteiger charge is -2.28. The highest BCUT2D eigenvalue weighted by Gasteiger charge is 2.67. The van der Waals surface area contributed by atoms with Crippen molar-refractivity contribution < 1.29 is 26.4 Å². The Hall–Kier alpha value is -2.98. The second-order valence-electron chi connectivity index (χ2n) is 6.13. The number of sulfonamides is 1. The molecule has 0 aliphatic carbocycles. The largest absolute Gasteiger partial charge is 0.437 e. The first kappa shape index (κ1) is 20.7. The van der Waals surface area contributed by atoms with E-state index >= 15 is 0 Å². The van der Waals surface area contributed by atoms with Crippen molar-refractivity contribution in [3.8, 4) is 0 Å². The Morgan fingerprint density at radius 3 is 2.14 bits per heavy atom. The van der Waals surface area contributed by atoms with Crippen molar-refractivity contribution in [2.45, 2.75) is 16.7 Å². The van der Waals surface area contributed by atoms with Gasteiger partial charge in [0.1, 0.15) is 5.84 Å². The normalized spacial score (nSPS) is 19.9. The topological polar surface area (TPSA) is 78.8 Å². The lowest BCUT2D eigenvalue weighted by molar-refractivity contribution is -0.194. The number of rotatable bonds is 6. The lowest BCUT2D eigenvalue weighted by Crippen LogP contribution is -2.63. The molecule has 0 saturated carbocycles. The maximum absolute atomic E-state index is 14.1. The first-order valence-corrected chi connectivity index (χ1v) is 9.84. The number of halogens is 3. The zero-order valence-electron chi connectivity index (χ0n) is 14.9. The summed E-state index contributed by atoms with van der Waals surface area (Å²) in [6.07, 6.45) is -4.10. The van der Waals surface area contributed by atoms with E-state index in [1.54, 1.807) is 18.2 Å². The predicted octanol–water partition coefficient (Wildman–Crippen LogP) is 2.70. The van der Waals surface area contributed by atoms with E-state index in [-0.39, 0.29) is 17.9 Å². The molecule has 1 N–H and O–H groups in total. The van der Waals surface area contributed by atoms with Gasteiger partial charge in [-0.05, 0) is 12.1 Å². The minimum absolute atomic E-state index is 0.229. The van der Waals surface area contributed by atoms with Gasteiger partial charge in [0.2, 0.25) is 10.0 Å². The van der Waals surface area contributed by atoms with Gasteiger partial charge in [0.25, 0.3) is 5.91 Å². The lowest BCUT2D eigenvalue weighted by atomic mass is 10.1. The highest BCUT2D eigenvalue weighted by Crippen LogP contribution is 2.39. The van der Waals surface area contributed by atoms with Gasteiger partial charge in [-0.3, -0.25) is 9.69 Å². The second-order valence-corrected chi connectivity index (χ2v) is 7.81. The Bertz CT molecular complexity index is 1050. The molecule has 29 heavy (non-hydrogen) atoms. The Morgan fingerprint density at radius 2 is 1.62 bits per heavy atom. The average Bonchev–Trinajstić information content (AvgIpc) is 2.96. The van der Waals surface area contributed by atoms with Crippen LogP contribution >= 0.6 is 0 Å². The summed E-state index contributed by atoms with van der Waals surface area (Å²) < 4.78 is 69.1. The summed E-state index contributed by atoms with van der Waals surface area (Å²) in [4.78, 5) is 16.8. The summed E-state index contributed by atoms with van der Waals surface area (Å²) >= 11 is 0. The summed E-state index contributed by atoms with van der Waals surface area (Å²) in [5.74, 6) is -1.85. The fourth-order valence-corrected chi connectivity index (χ4v) is 4.10. The number of aliphatic imine (C=N–C) groups is 1. The summed E-state index contributed by atoms with van der Waals surface area (Å²) in [5.41, 5.74) is -3.46. The van der Waals surface area contributed by atoms with Gasteiger partial charge in [-0.1, -0.05) is 54.6 Å². The van der Waals surface area contributed by atoms with Crippen molar-refractivity contribution in [2.75, 3.05) is 6.54 Å². The molecular formula is C19H16F3N3O3S. The molecule has 152 valence electrons. The van der Waals surface area contributed by atoms with Crippen LogP contribution in [0.3, 0.4) is 0 Å². The van der Waals surface area contributed by atoms with Gasteiger partial charge in [-0.15, -0.1) is 6.58 Å². The molecule has 1 aliphatic rings. The standard InChI is InChI=1S/C19H16F3N3O3S/c1-2-13-25-16(14-9-5-3-6-10-14)23-18(17(25)26,19(20,21)22)24-29(27,28)15-11-7-4-8-12-15/h2-12,24H,1,13H2/t18-/m1/s1. The monoisotopic (exact) mass is 423 g/mol. The minimum Gasteiger partial charge on any atom is -0.289 e. The number of hydrogen-bond donors (Lipinski definition) is 1. The van der Waals surface area contributed by atoms with Crippen molar-refractivity contribution in [2.24, 2.45) is 4.99 Å². The van der Waals surface area contributed by atoms with Crippen molar-refractivity contribution in [3.63, 3.8) is 0 Å².